The van der Waals surface area contributed by atoms with Crippen LogP contribution in [0, 0.1) is 0 Å². The van der Waals surface area contributed by atoms with Crippen molar-refractivity contribution in [2.24, 2.45) is 5.73 Å². The second kappa shape index (κ2) is 9.97. The van der Waals surface area contributed by atoms with Crippen LogP contribution < -0.4 is 10.5 Å². The fourth-order valence-electron chi connectivity index (χ4n) is 2.23. The quantitative estimate of drug-likeness (QED) is 0.612. The first-order valence-corrected chi connectivity index (χ1v) is 11.3. The van der Waals surface area contributed by atoms with Crippen molar-refractivity contribution in [3.8, 4) is 0 Å². The zero-order chi connectivity index (χ0) is 20.7. The van der Waals surface area contributed by atoms with Crippen LogP contribution in [0.15, 0.2) is 24.3 Å². The predicted molar refractivity (Wildman–Crippen MR) is 113 cm³/mol. The van der Waals surface area contributed by atoms with Crippen LogP contribution >= 0.6 is 22.9 Å². The molecule has 0 aliphatic carbocycles. The normalized spacial score (nSPS) is 11.7. The summed E-state index contributed by atoms with van der Waals surface area (Å²) in [7, 11) is -1.97. The van der Waals surface area contributed by atoms with Gasteiger partial charge in [-0.3, -0.25) is 9.52 Å². The topological polar surface area (TPSA) is 118 Å². The number of nitrogens with zero attached hydrogens (tertiary/aromatic N) is 3. The van der Waals surface area contributed by atoms with Crippen molar-refractivity contribution in [2.75, 3.05) is 24.1 Å². The number of hydrogen-bond donors (Lipinski definition) is 2. The summed E-state index contributed by atoms with van der Waals surface area (Å²) in [5, 5.41) is 8.77. The Kier molecular flexibility index (Phi) is 7.93. The molecule has 0 saturated carbocycles. The number of benzene rings is 1. The summed E-state index contributed by atoms with van der Waals surface area (Å²) < 4.78 is 26.9. The lowest BCUT2D eigenvalue weighted by Gasteiger charge is -2.12. The standard InChI is InChI=1S/C17H22ClN5O3S2/c1-3-23(2)16(24)10-15-20-21-17(27-15)22-28(25,26)9-5-7-12-6-4-8-14(18)13(12)11-19/h4-8H,3,9-11,19H2,1-2H3,(H,21,22). The third-order valence-electron chi connectivity index (χ3n) is 3.88. The molecule has 0 radical (unpaired) electrons. The Hall–Kier alpha value is -2.01. The second-order valence-electron chi connectivity index (χ2n) is 5.88. The van der Waals surface area contributed by atoms with Crippen molar-refractivity contribution < 1.29 is 13.2 Å². The maximum Gasteiger partial charge on any atom is 0.238 e. The molecule has 1 amide bonds. The van der Waals surface area contributed by atoms with Crippen LogP contribution in [0.25, 0.3) is 6.08 Å². The molecule has 0 spiro atoms. The molecule has 11 heteroatoms. The third-order valence-corrected chi connectivity index (χ3v) is 6.34. The SMILES string of the molecule is CCN(C)C(=O)Cc1nnc(NS(=O)(=O)CC=Cc2cccc(Cl)c2CN)s1. The highest BCUT2D eigenvalue weighted by molar-refractivity contribution is 7.93. The zero-order valence-electron chi connectivity index (χ0n) is 15.6. The number of nitrogens with two attached hydrogens (primary N) is 1. The van der Waals surface area contributed by atoms with E-state index in [1.54, 1.807) is 30.2 Å². The molecule has 2 rings (SSSR count). The Morgan fingerprint density at radius 3 is 2.82 bits per heavy atom. The first kappa shape index (κ1) is 22.3. The van der Waals surface area contributed by atoms with Gasteiger partial charge in [0.15, 0.2) is 0 Å². The van der Waals surface area contributed by atoms with Gasteiger partial charge in [-0.2, -0.15) is 0 Å². The number of carbonyl (C=O) groups is 1. The van der Waals surface area contributed by atoms with E-state index < -0.39 is 10.0 Å². The van der Waals surface area contributed by atoms with Crippen LogP contribution in [-0.4, -0.2) is 48.8 Å². The highest BCUT2D eigenvalue weighted by Crippen LogP contribution is 2.21. The number of rotatable bonds is 9. The van der Waals surface area contributed by atoms with Gasteiger partial charge in [-0.1, -0.05) is 47.2 Å². The van der Waals surface area contributed by atoms with E-state index in [-0.39, 0.29) is 29.8 Å². The number of carbonyl (C=O) groups excluding carboxylic acids is 1. The van der Waals surface area contributed by atoms with Crippen LogP contribution in [0.4, 0.5) is 5.13 Å². The number of sulfonamides is 1. The van der Waals surface area contributed by atoms with E-state index >= 15 is 0 Å². The summed E-state index contributed by atoms with van der Waals surface area (Å²) in [5.74, 6) is -0.358. The van der Waals surface area contributed by atoms with Gasteiger partial charge in [-0.25, -0.2) is 8.42 Å². The third kappa shape index (κ3) is 6.26. The molecule has 0 saturated heterocycles. The molecule has 152 valence electrons. The van der Waals surface area contributed by atoms with Gasteiger partial charge in [-0.15, -0.1) is 10.2 Å². The highest BCUT2D eigenvalue weighted by atomic mass is 35.5. The van der Waals surface area contributed by atoms with Gasteiger partial charge in [0.1, 0.15) is 5.01 Å². The van der Waals surface area contributed by atoms with Gasteiger partial charge in [0.2, 0.25) is 21.1 Å². The Morgan fingerprint density at radius 2 is 2.14 bits per heavy atom. The molecule has 0 bridgehead atoms. The molecule has 1 aromatic carbocycles. The molecule has 3 N–H and O–H groups in total. The average molecular weight is 444 g/mol. The summed E-state index contributed by atoms with van der Waals surface area (Å²) in [6.45, 7) is 2.71. The number of amides is 1. The summed E-state index contributed by atoms with van der Waals surface area (Å²) in [6, 6.07) is 5.31. The van der Waals surface area contributed by atoms with Crippen LogP contribution in [0.1, 0.15) is 23.1 Å². The largest absolute Gasteiger partial charge is 0.346 e. The first-order valence-electron chi connectivity index (χ1n) is 8.46. The minimum absolute atomic E-state index is 0.0836. The van der Waals surface area contributed by atoms with E-state index in [4.69, 9.17) is 17.3 Å². The van der Waals surface area contributed by atoms with E-state index in [9.17, 15) is 13.2 Å². The molecule has 0 unspecified atom stereocenters. The molecule has 0 atom stereocenters. The molecular weight excluding hydrogens is 422 g/mol. The van der Waals surface area contributed by atoms with Crippen molar-refractivity contribution in [1.29, 1.82) is 0 Å². The van der Waals surface area contributed by atoms with Crippen LogP contribution in [0.2, 0.25) is 5.02 Å². The summed E-state index contributed by atoms with van der Waals surface area (Å²) in [6.07, 6.45) is 3.26. The predicted octanol–water partition coefficient (Wildman–Crippen LogP) is 2.13. The average Bonchev–Trinajstić information content (AvgIpc) is 3.06. The van der Waals surface area contributed by atoms with Crippen molar-refractivity contribution in [3.63, 3.8) is 0 Å². The molecule has 0 fully saturated rings. The number of halogens is 1. The van der Waals surface area contributed by atoms with Gasteiger partial charge < -0.3 is 10.6 Å². The maximum absolute atomic E-state index is 12.2. The Bertz CT molecular complexity index is 959. The highest BCUT2D eigenvalue weighted by Gasteiger charge is 2.15. The summed E-state index contributed by atoms with van der Waals surface area (Å²) in [5.41, 5.74) is 7.20. The Morgan fingerprint density at radius 1 is 1.39 bits per heavy atom. The Labute approximate surface area is 173 Å². The van der Waals surface area contributed by atoms with Crippen LogP contribution in [0.5, 0.6) is 0 Å². The molecule has 1 heterocycles. The molecule has 0 aliphatic rings. The smallest absolute Gasteiger partial charge is 0.238 e. The molecule has 2 aromatic rings. The van der Waals surface area contributed by atoms with E-state index in [1.807, 2.05) is 13.0 Å². The monoisotopic (exact) mass is 443 g/mol. The van der Waals surface area contributed by atoms with Crippen molar-refractivity contribution in [1.82, 2.24) is 15.1 Å². The maximum atomic E-state index is 12.2. The molecule has 0 aliphatic heterocycles. The van der Waals surface area contributed by atoms with Crippen molar-refractivity contribution in [3.05, 3.63) is 45.4 Å². The van der Waals surface area contributed by atoms with Gasteiger partial charge in [0.25, 0.3) is 0 Å². The number of nitrogens with one attached hydrogen (secondary N) is 1. The first-order chi connectivity index (χ1) is 13.3. The van der Waals surface area contributed by atoms with Gasteiger partial charge in [0, 0.05) is 25.2 Å². The fourth-order valence-corrected chi connectivity index (χ4v) is 4.36. The minimum atomic E-state index is -3.66. The van der Waals surface area contributed by atoms with Crippen molar-refractivity contribution in [2.45, 2.75) is 19.9 Å². The number of anilines is 1. The number of likely N-dealkylation sites (N-methyl/N-ethyl adjacent to an activating group) is 1. The summed E-state index contributed by atoms with van der Waals surface area (Å²) in [4.78, 5) is 13.4. The molecule has 8 nitrogen and oxygen atoms in total. The van der Waals surface area contributed by atoms with E-state index in [0.29, 0.717) is 16.6 Å². The lowest BCUT2D eigenvalue weighted by molar-refractivity contribution is -0.128. The molecule has 28 heavy (non-hydrogen) atoms. The van der Waals surface area contributed by atoms with Crippen LogP contribution in [-0.2, 0) is 27.8 Å². The van der Waals surface area contributed by atoms with Gasteiger partial charge in [-0.05, 0) is 24.1 Å². The molecular formula is C17H22ClN5O3S2. The molecule has 1 aromatic heterocycles. The minimum Gasteiger partial charge on any atom is -0.346 e. The lowest BCUT2D eigenvalue weighted by Crippen LogP contribution is -2.27. The Balaban J connectivity index is 1.99. The fraction of sp³-hybridized carbons (Fsp3) is 0.353. The van der Waals surface area contributed by atoms with Gasteiger partial charge >= 0.3 is 0 Å². The van der Waals surface area contributed by atoms with E-state index in [0.717, 1.165) is 22.5 Å². The lowest BCUT2D eigenvalue weighted by atomic mass is 10.1. The van der Waals surface area contributed by atoms with E-state index in [1.165, 1.54) is 6.08 Å². The second-order valence-corrected chi connectivity index (χ2v) is 9.12. The van der Waals surface area contributed by atoms with Crippen LogP contribution in [0.3, 0.4) is 0 Å². The van der Waals surface area contributed by atoms with E-state index in [2.05, 4.69) is 14.9 Å². The zero-order valence-corrected chi connectivity index (χ0v) is 17.9. The summed E-state index contributed by atoms with van der Waals surface area (Å²) >= 11 is 7.12. The van der Waals surface area contributed by atoms with Crippen molar-refractivity contribution >= 4 is 50.1 Å². The van der Waals surface area contributed by atoms with Gasteiger partial charge in [0.05, 0.1) is 12.2 Å². The number of hydrogen-bond acceptors (Lipinski definition) is 7. The number of aromatic nitrogens is 2.